The van der Waals surface area contributed by atoms with Gasteiger partial charge in [0.05, 0.1) is 13.2 Å². The predicted octanol–water partition coefficient (Wildman–Crippen LogP) is 2.86. The molecule has 0 radical (unpaired) electrons. The number of likely N-dealkylation sites (N-methyl/N-ethyl adjacent to an activating group) is 1. The summed E-state index contributed by atoms with van der Waals surface area (Å²) < 4.78 is 5.88. The van der Waals surface area contributed by atoms with Crippen molar-refractivity contribution < 1.29 is 9.84 Å². The molecule has 0 spiro atoms. The van der Waals surface area contributed by atoms with Gasteiger partial charge < -0.3 is 15.2 Å². The highest BCUT2D eigenvalue weighted by molar-refractivity contribution is 5.37. The molecule has 1 aromatic rings. The molecule has 0 aromatic heterocycles. The first kappa shape index (κ1) is 16.0. The van der Waals surface area contributed by atoms with Gasteiger partial charge in [-0.1, -0.05) is 26.0 Å². The zero-order valence-electron chi connectivity index (χ0n) is 12.8. The number of hydrogen-bond acceptors (Lipinski definition) is 3. The third kappa shape index (κ3) is 4.51. The second kappa shape index (κ2) is 6.92. The highest BCUT2D eigenvalue weighted by Crippen LogP contribution is 2.24. The minimum Gasteiger partial charge on any atom is -0.493 e. The summed E-state index contributed by atoms with van der Waals surface area (Å²) in [5.74, 6) is 1.45. The molecule has 0 saturated heterocycles. The van der Waals surface area contributed by atoms with Crippen molar-refractivity contribution in [2.75, 3.05) is 20.3 Å². The van der Waals surface area contributed by atoms with Gasteiger partial charge in [0.2, 0.25) is 0 Å². The Hall–Kier alpha value is -1.06. The van der Waals surface area contributed by atoms with Crippen LogP contribution in [0.2, 0.25) is 0 Å². The van der Waals surface area contributed by atoms with Gasteiger partial charge in [-0.05, 0) is 44.0 Å². The molecule has 0 heterocycles. The minimum atomic E-state index is -0.274. The van der Waals surface area contributed by atoms with Gasteiger partial charge >= 0.3 is 0 Å². The van der Waals surface area contributed by atoms with Crippen molar-refractivity contribution >= 4 is 0 Å². The molecule has 0 aliphatic carbocycles. The highest BCUT2D eigenvalue weighted by atomic mass is 16.5. The van der Waals surface area contributed by atoms with E-state index in [4.69, 9.17) is 4.74 Å². The summed E-state index contributed by atoms with van der Waals surface area (Å²) in [6.07, 6.45) is 0.769. The van der Waals surface area contributed by atoms with Crippen LogP contribution in [0.25, 0.3) is 0 Å². The molecule has 1 aromatic carbocycles. The highest BCUT2D eigenvalue weighted by Gasteiger charge is 2.20. The van der Waals surface area contributed by atoms with Crippen molar-refractivity contribution in [2.45, 2.75) is 45.6 Å². The largest absolute Gasteiger partial charge is 0.493 e. The van der Waals surface area contributed by atoms with Gasteiger partial charge in [-0.3, -0.25) is 0 Å². The Bertz CT molecular complexity index is 398. The summed E-state index contributed by atoms with van der Waals surface area (Å²) in [6, 6.07) is 6.38. The molecule has 0 aliphatic rings. The standard InChI is InChI=1S/C16H27NO2/c1-12(2)14-7-6-13(3)15(10-14)19-9-8-16(4,11-18)17-5/h6-7,10,12,17-18H,8-9,11H2,1-5H3. The lowest BCUT2D eigenvalue weighted by Crippen LogP contribution is -2.44. The normalized spacial score (nSPS) is 14.5. The zero-order chi connectivity index (χ0) is 14.5. The molecule has 0 aliphatic heterocycles. The molecule has 3 heteroatoms. The molecule has 3 nitrogen and oxygen atoms in total. The van der Waals surface area contributed by atoms with Crippen LogP contribution in [0.15, 0.2) is 18.2 Å². The number of aliphatic hydroxyl groups excluding tert-OH is 1. The molecule has 1 unspecified atom stereocenters. The van der Waals surface area contributed by atoms with Crippen LogP contribution in [0.5, 0.6) is 5.75 Å². The Balaban J connectivity index is 2.65. The van der Waals surface area contributed by atoms with Crippen molar-refractivity contribution in [1.82, 2.24) is 5.32 Å². The van der Waals surface area contributed by atoms with Crippen molar-refractivity contribution in [2.24, 2.45) is 0 Å². The first-order chi connectivity index (χ1) is 8.91. The maximum Gasteiger partial charge on any atom is 0.122 e. The van der Waals surface area contributed by atoms with E-state index in [1.54, 1.807) is 0 Å². The van der Waals surface area contributed by atoms with E-state index in [0.717, 1.165) is 17.7 Å². The molecular weight excluding hydrogens is 238 g/mol. The Morgan fingerprint density at radius 1 is 1.37 bits per heavy atom. The monoisotopic (exact) mass is 265 g/mol. The molecular formula is C16H27NO2. The van der Waals surface area contributed by atoms with E-state index in [-0.39, 0.29) is 12.1 Å². The van der Waals surface area contributed by atoms with Gasteiger partial charge in [-0.25, -0.2) is 0 Å². The third-order valence-electron chi connectivity index (χ3n) is 3.74. The number of aryl methyl sites for hydroxylation is 1. The molecule has 1 rings (SSSR count). The minimum absolute atomic E-state index is 0.109. The van der Waals surface area contributed by atoms with Crippen molar-refractivity contribution in [3.05, 3.63) is 29.3 Å². The summed E-state index contributed by atoms with van der Waals surface area (Å²) in [4.78, 5) is 0. The summed E-state index contributed by atoms with van der Waals surface area (Å²) in [6.45, 7) is 9.12. The fraction of sp³-hybridized carbons (Fsp3) is 0.625. The first-order valence-corrected chi connectivity index (χ1v) is 6.95. The number of hydrogen-bond donors (Lipinski definition) is 2. The van der Waals surface area contributed by atoms with Crippen LogP contribution in [0.1, 0.15) is 44.2 Å². The van der Waals surface area contributed by atoms with E-state index < -0.39 is 0 Å². The molecule has 2 N–H and O–H groups in total. The topological polar surface area (TPSA) is 41.5 Å². The van der Waals surface area contributed by atoms with Crippen LogP contribution in [0.3, 0.4) is 0 Å². The van der Waals surface area contributed by atoms with Crippen molar-refractivity contribution in [3.8, 4) is 5.75 Å². The van der Waals surface area contributed by atoms with Crippen LogP contribution in [0, 0.1) is 6.92 Å². The summed E-state index contributed by atoms with van der Waals surface area (Å²) in [5.41, 5.74) is 2.17. The smallest absolute Gasteiger partial charge is 0.122 e. The van der Waals surface area contributed by atoms with Gasteiger partial charge in [0.1, 0.15) is 5.75 Å². The van der Waals surface area contributed by atoms with Crippen LogP contribution in [-0.4, -0.2) is 30.9 Å². The van der Waals surface area contributed by atoms with Gasteiger partial charge in [-0.15, -0.1) is 0 Å². The average molecular weight is 265 g/mol. The van der Waals surface area contributed by atoms with E-state index in [2.05, 4.69) is 44.3 Å². The quantitative estimate of drug-likeness (QED) is 0.796. The van der Waals surface area contributed by atoms with Crippen molar-refractivity contribution in [1.29, 1.82) is 0 Å². The fourth-order valence-electron chi connectivity index (χ4n) is 1.80. The van der Waals surface area contributed by atoms with E-state index >= 15 is 0 Å². The second-order valence-electron chi connectivity index (χ2n) is 5.75. The van der Waals surface area contributed by atoms with Crippen LogP contribution >= 0.6 is 0 Å². The Kier molecular flexibility index (Phi) is 5.83. The summed E-state index contributed by atoms with van der Waals surface area (Å²) >= 11 is 0. The number of benzene rings is 1. The lowest BCUT2D eigenvalue weighted by atomic mass is 10.00. The number of nitrogens with one attached hydrogen (secondary N) is 1. The van der Waals surface area contributed by atoms with Crippen LogP contribution in [0.4, 0.5) is 0 Å². The lowest BCUT2D eigenvalue weighted by Gasteiger charge is -2.26. The van der Waals surface area contributed by atoms with E-state index in [9.17, 15) is 5.11 Å². The Morgan fingerprint density at radius 3 is 2.58 bits per heavy atom. The van der Waals surface area contributed by atoms with Gasteiger partial charge in [-0.2, -0.15) is 0 Å². The predicted molar refractivity (Wildman–Crippen MR) is 79.9 cm³/mol. The molecule has 0 fully saturated rings. The third-order valence-corrected chi connectivity index (χ3v) is 3.74. The Morgan fingerprint density at radius 2 is 2.05 bits per heavy atom. The molecule has 0 saturated carbocycles. The lowest BCUT2D eigenvalue weighted by molar-refractivity contribution is 0.151. The number of ether oxygens (including phenoxy) is 1. The zero-order valence-corrected chi connectivity index (χ0v) is 12.8. The van der Waals surface area contributed by atoms with E-state index in [1.807, 2.05) is 14.0 Å². The molecule has 108 valence electrons. The fourth-order valence-corrected chi connectivity index (χ4v) is 1.80. The first-order valence-electron chi connectivity index (χ1n) is 6.95. The van der Waals surface area contributed by atoms with Crippen LogP contribution in [-0.2, 0) is 0 Å². The Labute approximate surface area is 117 Å². The number of aliphatic hydroxyl groups is 1. The molecule has 0 amide bonds. The molecule has 1 atom stereocenters. The van der Waals surface area contributed by atoms with Gasteiger partial charge in [0.25, 0.3) is 0 Å². The summed E-state index contributed by atoms with van der Waals surface area (Å²) in [7, 11) is 1.86. The van der Waals surface area contributed by atoms with Gasteiger partial charge in [0.15, 0.2) is 0 Å². The SMILES string of the molecule is CNC(C)(CO)CCOc1cc(C(C)C)ccc1C. The number of rotatable bonds is 7. The molecule has 0 bridgehead atoms. The maximum atomic E-state index is 9.34. The summed E-state index contributed by atoms with van der Waals surface area (Å²) in [5, 5.41) is 12.5. The van der Waals surface area contributed by atoms with Crippen LogP contribution < -0.4 is 10.1 Å². The maximum absolute atomic E-state index is 9.34. The van der Waals surface area contributed by atoms with E-state index in [1.165, 1.54) is 5.56 Å². The molecule has 19 heavy (non-hydrogen) atoms. The average Bonchev–Trinajstić information content (AvgIpc) is 2.40. The van der Waals surface area contributed by atoms with Crippen molar-refractivity contribution in [3.63, 3.8) is 0 Å². The second-order valence-corrected chi connectivity index (χ2v) is 5.75. The van der Waals surface area contributed by atoms with Gasteiger partial charge in [0, 0.05) is 12.0 Å². The van der Waals surface area contributed by atoms with E-state index in [0.29, 0.717) is 12.5 Å².